The van der Waals surface area contributed by atoms with E-state index in [-0.39, 0.29) is 50.0 Å². The molecule has 184 valence electrons. The molecule has 0 aliphatic heterocycles. The van der Waals surface area contributed by atoms with Gasteiger partial charge in [0.15, 0.2) is 10.3 Å². The molecule has 0 aliphatic rings. The molecule has 2 N–H and O–H groups in total. The highest BCUT2D eigenvalue weighted by Gasteiger charge is 2.22. The van der Waals surface area contributed by atoms with E-state index in [0.717, 1.165) is 5.56 Å². The number of nitrogen functional groups attached to an aromatic ring is 1. The summed E-state index contributed by atoms with van der Waals surface area (Å²) in [6.45, 7) is 6.68. The number of benzene rings is 1. The molecule has 0 spiro atoms. The first-order valence-electron chi connectivity index (χ1n) is 10.7. The van der Waals surface area contributed by atoms with Crippen molar-refractivity contribution in [2.45, 2.75) is 32.9 Å². The lowest BCUT2D eigenvalue weighted by Crippen LogP contribution is -2.38. The predicted octanol–water partition coefficient (Wildman–Crippen LogP) is 3.04. The molecule has 0 unspecified atom stereocenters. The zero-order chi connectivity index (χ0) is 25.5. The molecule has 0 bridgehead atoms. The predicted molar refractivity (Wildman–Crippen MR) is 129 cm³/mol. The Morgan fingerprint density at radius 3 is 2.47 bits per heavy atom. The van der Waals surface area contributed by atoms with Gasteiger partial charge in [-0.1, -0.05) is 12.1 Å². The SMILES string of the molecule is Cn1c(N)c(C#N)c(=NCCOCCN(Cc2ccc(F)cc2)C(=O)OC(C)(C)C)n(C)c1=S. The Morgan fingerprint density at radius 2 is 1.88 bits per heavy atom. The number of anilines is 1. The number of aromatic nitrogens is 2. The highest BCUT2D eigenvalue weighted by atomic mass is 32.1. The lowest BCUT2D eigenvalue weighted by molar-refractivity contribution is 0.0161. The fourth-order valence-corrected chi connectivity index (χ4v) is 3.21. The molecule has 0 fully saturated rings. The molecule has 0 atom stereocenters. The van der Waals surface area contributed by atoms with E-state index in [0.29, 0.717) is 10.3 Å². The molecule has 34 heavy (non-hydrogen) atoms. The molecular formula is C23H31FN6O3S. The van der Waals surface area contributed by atoms with Crippen LogP contribution in [0.4, 0.5) is 15.0 Å². The molecule has 1 aromatic carbocycles. The summed E-state index contributed by atoms with van der Waals surface area (Å²) in [5.41, 5.74) is 6.75. The molecule has 1 aromatic heterocycles. The van der Waals surface area contributed by atoms with Crippen LogP contribution in [0.15, 0.2) is 29.3 Å². The molecule has 2 rings (SSSR count). The van der Waals surface area contributed by atoms with Crippen molar-refractivity contribution in [1.82, 2.24) is 14.0 Å². The minimum absolute atomic E-state index is 0.241. The minimum Gasteiger partial charge on any atom is -0.444 e. The van der Waals surface area contributed by atoms with E-state index < -0.39 is 11.7 Å². The first-order chi connectivity index (χ1) is 15.9. The second kappa shape index (κ2) is 11.8. The van der Waals surface area contributed by atoms with Crippen LogP contribution in [0.1, 0.15) is 31.9 Å². The summed E-state index contributed by atoms with van der Waals surface area (Å²) in [5, 5.41) is 9.46. The maximum absolute atomic E-state index is 13.2. The molecule has 0 saturated carbocycles. The average Bonchev–Trinajstić information content (AvgIpc) is 2.77. The summed E-state index contributed by atoms with van der Waals surface area (Å²) < 4.78 is 28.0. The zero-order valence-electron chi connectivity index (χ0n) is 20.2. The first kappa shape index (κ1) is 27.0. The van der Waals surface area contributed by atoms with Crippen molar-refractivity contribution in [3.05, 3.63) is 51.5 Å². The van der Waals surface area contributed by atoms with Gasteiger partial charge in [-0.2, -0.15) is 5.26 Å². The Labute approximate surface area is 203 Å². The second-order valence-electron chi connectivity index (χ2n) is 8.62. The lowest BCUT2D eigenvalue weighted by atomic mass is 10.2. The molecule has 0 saturated heterocycles. The number of carbonyl (C=O) groups excluding carboxylic acids is 1. The fourth-order valence-electron chi connectivity index (χ4n) is 3.03. The molecule has 2 aromatic rings. The molecule has 0 radical (unpaired) electrons. The van der Waals surface area contributed by atoms with Gasteiger partial charge in [0, 0.05) is 27.2 Å². The topological polar surface area (TPSA) is 111 Å². The molecule has 9 nitrogen and oxygen atoms in total. The quantitative estimate of drug-likeness (QED) is 0.450. The largest absolute Gasteiger partial charge is 0.444 e. The van der Waals surface area contributed by atoms with Gasteiger partial charge in [0.05, 0.1) is 19.8 Å². The number of carbonyl (C=O) groups is 1. The summed E-state index contributed by atoms with van der Waals surface area (Å²) in [7, 11) is 3.41. The van der Waals surface area contributed by atoms with E-state index in [1.165, 1.54) is 17.0 Å². The lowest BCUT2D eigenvalue weighted by Gasteiger charge is -2.27. The summed E-state index contributed by atoms with van der Waals surface area (Å²) in [4.78, 5) is 18.6. The van der Waals surface area contributed by atoms with Crippen LogP contribution in [0, 0.1) is 21.9 Å². The summed E-state index contributed by atoms with van der Waals surface area (Å²) >= 11 is 5.32. The number of hydrogen-bond acceptors (Lipinski definition) is 7. The van der Waals surface area contributed by atoms with E-state index in [9.17, 15) is 14.4 Å². The number of amides is 1. The van der Waals surface area contributed by atoms with E-state index in [2.05, 4.69) is 11.1 Å². The normalized spacial score (nSPS) is 11.9. The second-order valence-corrected chi connectivity index (χ2v) is 8.98. The number of ether oxygens (including phenoxy) is 2. The van der Waals surface area contributed by atoms with Gasteiger partial charge >= 0.3 is 6.09 Å². The van der Waals surface area contributed by atoms with Crippen LogP contribution in [0.2, 0.25) is 0 Å². The van der Waals surface area contributed by atoms with Crippen molar-refractivity contribution in [3.8, 4) is 6.07 Å². The van der Waals surface area contributed by atoms with Gasteiger partial charge < -0.3 is 29.2 Å². The van der Waals surface area contributed by atoms with Crippen molar-refractivity contribution in [2.75, 3.05) is 32.0 Å². The molecular weight excluding hydrogens is 459 g/mol. The summed E-state index contributed by atoms with van der Waals surface area (Å²) in [6, 6.07) is 8.01. The van der Waals surface area contributed by atoms with Crippen molar-refractivity contribution >= 4 is 24.1 Å². The Bertz CT molecular complexity index is 1180. The van der Waals surface area contributed by atoms with Gasteiger partial charge in [0.25, 0.3) is 0 Å². The van der Waals surface area contributed by atoms with Crippen LogP contribution in [0.25, 0.3) is 0 Å². The van der Waals surface area contributed by atoms with E-state index in [4.69, 9.17) is 27.4 Å². The van der Waals surface area contributed by atoms with Crippen LogP contribution in [-0.2, 0) is 30.1 Å². The molecule has 1 heterocycles. The zero-order valence-corrected chi connectivity index (χ0v) is 21.0. The van der Waals surface area contributed by atoms with Crippen molar-refractivity contribution in [3.63, 3.8) is 0 Å². The van der Waals surface area contributed by atoms with Gasteiger partial charge in [-0.25, -0.2) is 9.18 Å². The van der Waals surface area contributed by atoms with Gasteiger partial charge in [-0.3, -0.25) is 4.99 Å². The van der Waals surface area contributed by atoms with Crippen LogP contribution < -0.4 is 11.2 Å². The van der Waals surface area contributed by atoms with Crippen molar-refractivity contribution < 1.29 is 18.7 Å². The van der Waals surface area contributed by atoms with Gasteiger partial charge in [0.2, 0.25) is 0 Å². The van der Waals surface area contributed by atoms with E-state index in [1.807, 2.05) is 0 Å². The van der Waals surface area contributed by atoms with Crippen molar-refractivity contribution in [2.24, 2.45) is 19.1 Å². The number of rotatable bonds is 8. The summed E-state index contributed by atoms with van der Waals surface area (Å²) in [6.07, 6.45) is -0.485. The molecule has 1 amide bonds. The van der Waals surface area contributed by atoms with Gasteiger partial charge in [0.1, 0.15) is 28.9 Å². The van der Waals surface area contributed by atoms with E-state index in [1.54, 1.807) is 56.1 Å². The third-order valence-corrected chi connectivity index (χ3v) is 5.33. The van der Waals surface area contributed by atoms with Crippen LogP contribution in [0.3, 0.4) is 0 Å². The van der Waals surface area contributed by atoms with Crippen molar-refractivity contribution in [1.29, 1.82) is 5.26 Å². The number of halogens is 1. The first-order valence-corrected chi connectivity index (χ1v) is 11.1. The summed E-state index contributed by atoms with van der Waals surface area (Å²) in [5.74, 6) is -0.0937. The smallest absolute Gasteiger partial charge is 0.410 e. The highest BCUT2D eigenvalue weighted by molar-refractivity contribution is 7.71. The molecule has 0 aliphatic carbocycles. The van der Waals surface area contributed by atoms with E-state index >= 15 is 0 Å². The number of nitrogens with two attached hydrogens (primary N) is 1. The number of nitrogens with zero attached hydrogens (tertiary/aromatic N) is 5. The minimum atomic E-state index is -0.649. The van der Waals surface area contributed by atoms with Crippen LogP contribution in [-0.4, -0.2) is 52.0 Å². The maximum atomic E-state index is 13.2. The van der Waals surface area contributed by atoms with Gasteiger partial charge in [-0.05, 0) is 50.7 Å². The third-order valence-electron chi connectivity index (χ3n) is 4.79. The fraction of sp³-hybridized carbons (Fsp3) is 0.478. The average molecular weight is 491 g/mol. The monoisotopic (exact) mass is 490 g/mol. The standard InChI is InChI=1S/C23H31FN6O3S/c1-23(2,3)33-22(31)30(15-16-6-8-17(24)9-7-16)11-13-32-12-10-27-20-18(14-25)19(26)28(4)21(34)29(20)5/h6-9H,10-13,15,26H2,1-5H3. The van der Waals surface area contributed by atoms with Crippen LogP contribution in [0.5, 0.6) is 0 Å². The number of nitriles is 1. The van der Waals surface area contributed by atoms with Gasteiger partial charge in [-0.15, -0.1) is 0 Å². The Hall–Kier alpha value is -3.23. The van der Waals surface area contributed by atoms with Crippen LogP contribution >= 0.6 is 12.2 Å². The maximum Gasteiger partial charge on any atom is 0.410 e. The number of hydrogen-bond donors (Lipinski definition) is 1. The Kier molecular flexibility index (Phi) is 9.35. The third kappa shape index (κ3) is 7.40. The highest BCUT2D eigenvalue weighted by Crippen LogP contribution is 2.13. The Morgan fingerprint density at radius 1 is 1.24 bits per heavy atom. The Balaban J connectivity index is 2.02. The molecule has 11 heteroatoms.